The second-order valence-electron chi connectivity index (χ2n) is 4.98. The normalized spacial score (nSPS) is 10.5. The predicted molar refractivity (Wildman–Crippen MR) is 86.9 cm³/mol. The number of benzene rings is 1. The van der Waals surface area contributed by atoms with Crippen molar-refractivity contribution in [2.45, 2.75) is 34.1 Å². The molecule has 112 valence electrons. The second-order valence-corrected chi connectivity index (χ2v) is 4.98. The number of ether oxygens (including phenoxy) is 1. The molecule has 0 spiro atoms. The highest BCUT2D eigenvalue weighted by atomic mass is 16.5. The number of aryl methyl sites for hydroxylation is 2. The zero-order valence-electron chi connectivity index (χ0n) is 13.2. The standard InChI is InChI=1S/C17H23N3O/c1-5-11-18-17-16(19-12(3)13(4)20-17)14-7-9-15(10-8-14)21-6-2/h7-10H,5-6,11H2,1-4H3,(H,18,20). The van der Waals surface area contributed by atoms with E-state index < -0.39 is 0 Å². The minimum absolute atomic E-state index is 0.673. The van der Waals surface area contributed by atoms with E-state index in [9.17, 15) is 0 Å². The highest BCUT2D eigenvalue weighted by Gasteiger charge is 2.11. The average Bonchev–Trinajstić information content (AvgIpc) is 2.49. The fourth-order valence-corrected chi connectivity index (χ4v) is 2.05. The van der Waals surface area contributed by atoms with Crippen LogP contribution in [0.25, 0.3) is 11.3 Å². The van der Waals surface area contributed by atoms with Crippen LogP contribution in [0.2, 0.25) is 0 Å². The number of aromatic nitrogens is 2. The number of anilines is 1. The maximum absolute atomic E-state index is 5.48. The smallest absolute Gasteiger partial charge is 0.152 e. The maximum atomic E-state index is 5.48. The van der Waals surface area contributed by atoms with Crippen molar-refractivity contribution in [3.05, 3.63) is 35.7 Å². The van der Waals surface area contributed by atoms with Gasteiger partial charge in [0.2, 0.25) is 0 Å². The predicted octanol–water partition coefficient (Wildman–Crippen LogP) is 3.98. The molecular formula is C17H23N3O. The van der Waals surface area contributed by atoms with Crippen molar-refractivity contribution < 1.29 is 4.74 Å². The molecule has 0 saturated carbocycles. The van der Waals surface area contributed by atoms with Crippen LogP contribution in [0.5, 0.6) is 5.75 Å². The summed E-state index contributed by atoms with van der Waals surface area (Å²) >= 11 is 0. The van der Waals surface area contributed by atoms with Gasteiger partial charge in [-0.05, 0) is 51.5 Å². The van der Waals surface area contributed by atoms with Crippen LogP contribution in [0.15, 0.2) is 24.3 Å². The largest absolute Gasteiger partial charge is 0.494 e. The molecule has 0 aliphatic heterocycles. The highest BCUT2D eigenvalue weighted by molar-refractivity contribution is 5.72. The van der Waals surface area contributed by atoms with Gasteiger partial charge >= 0.3 is 0 Å². The molecule has 1 N–H and O–H groups in total. The zero-order valence-corrected chi connectivity index (χ0v) is 13.2. The number of nitrogens with one attached hydrogen (secondary N) is 1. The fourth-order valence-electron chi connectivity index (χ4n) is 2.05. The van der Waals surface area contributed by atoms with Gasteiger partial charge in [-0.15, -0.1) is 0 Å². The van der Waals surface area contributed by atoms with Crippen molar-refractivity contribution in [1.82, 2.24) is 9.97 Å². The van der Waals surface area contributed by atoms with Crippen LogP contribution in [0.1, 0.15) is 31.7 Å². The molecule has 1 heterocycles. The maximum Gasteiger partial charge on any atom is 0.152 e. The minimum Gasteiger partial charge on any atom is -0.494 e. The Morgan fingerprint density at radius 1 is 1.00 bits per heavy atom. The van der Waals surface area contributed by atoms with Crippen LogP contribution in [0, 0.1) is 13.8 Å². The van der Waals surface area contributed by atoms with Gasteiger partial charge in [0.1, 0.15) is 11.4 Å². The van der Waals surface area contributed by atoms with Crippen molar-refractivity contribution in [2.24, 2.45) is 0 Å². The van der Waals surface area contributed by atoms with Crippen molar-refractivity contribution >= 4 is 5.82 Å². The number of rotatable bonds is 6. The van der Waals surface area contributed by atoms with E-state index in [-0.39, 0.29) is 0 Å². The Kier molecular flexibility index (Phi) is 5.14. The Labute approximate surface area is 126 Å². The lowest BCUT2D eigenvalue weighted by Crippen LogP contribution is -2.07. The first-order valence-corrected chi connectivity index (χ1v) is 7.48. The molecule has 1 aromatic heterocycles. The van der Waals surface area contributed by atoms with E-state index in [1.807, 2.05) is 45.0 Å². The molecule has 0 unspecified atom stereocenters. The summed E-state index contributed by atoms with van der Waals surface area (Å²) in [6.07, 6.45) is 1.05. The van der Waals surface area contributed by atoms with E-state index in [2.05, 4.69) is 17.2 Å². The second kappa shape index (κ2) is 7.07. The van der Waals surface area contributed by atoms with E-state index in [4.69, 9.17) is 9.72 Å². The van der Waals surface area contributed by atoms with E-state index in [0.717, 1.165) is 47.2 Å². The Balaban J connectivity index is 2.38. The summed E-state index contributed by atoms with van der Waals surface area (Å²) in [6.45, 7) is 9.66. The molecule has 2 rings (SSSR count). The van der Waals surface area contributed by atoms with Crippen molar-refractivity contribution in [3.63, 3.8) is 0 Å². The zero-order chi connectivity index (χ0) is 15.2. The molecule has 4 nitrogen and oxygen atoms in total. The van der Waals surface area contributed by atoms with E-state index in [1.165, 1.54) is 0 Å². The van der Waals surface area contributed by atoms with E-state index in [1.54, 1.807) is 0 Å². The molecule has 0 aliphatic carbocycles. The van der Waals surface area contributed by atoms with Crippen LogP contribution in [-0.2, 0) is 0 Å². The van der Waals surface area contributed by atoms with Crippen molar-refractivity contribution in [2.75, 3.05) is 18.5 Å². The van der Waals surface area contributed by atoms with Gasteiger partial charge in [0.15, 0.2) is 5.82 Å². The van der Waals surface area contributed by atoms with Crippen LogP contribution < -0.4 is 10.1 Å². The first kappa shape index (κ1) is 15.3. The summed E-state index contributed by atoms with van der Waals surface area (Å²) in [5.41, 5.74) is 3.87. The molecule has 4 heteroatoms. The highest BCUT2D eigenvalue weighted by Crippen LogP contribution is 2.27. The van der Waals surface area contributed by atoms with Gasteiger partial charge in [0.05, 0.1) is 18.0 Å². The average molecular weight is 285 g/mol. The molecular weight excluding hydrogens is 262 g/mol. The lowest BCUT2D eigenvalue weighted by atomic mass is 10.1. The van der Waals surface area contributed by atoms with Gasteiger partial charge in [-0.1, -0.05) is 6.92 Å². The van der Waals surface area contributed by atoms with Gasteiger partial charge < -0.3 is 10.1 Å². The summed E-state index contributed by atoms with van der Waals surface area (Å²) in [6, 6.07) is 8.00. The Hall–Kier alpha value is -2.10. The van der Waals surface area contributed by atoms with Gasteiger partial charge in [-0.2, -0.15) is 0 Å². The molecule has 0 bridgehead atoms. The summed E-state index contributed by atoms with van der Waals surface area (Å²) in [5, 5.41) is 3.36. The van der Waals surface area contributed by atoms with Gasteiger partial charge in [0, 0.05) is 12.1 Å². The molecule has 0 amide bonds. The van der Waals surface area contributed by atoms with Crippen LogP contribution in [-0.4, -0.2) is 23.1 Å². The lowest BCUT2D eigenvalue weighted by molar-refractivity contribution is 0.340. The Bertz CT molecular complexity index is 594. The molecule has 0 fully saturated rings. The summed E-state index contributed by atoms with van der Waals surface area (Å²) in [7, 11) is 0. The molecule has 1 aromatic carbocycles. The van der Waals surface area contributed by atoms with Gasteiger partial charge in [0.25, 0.3) is 0 Å². The van der Waals surface area contributed by atoms with Crippen LogP contribution in [0.3, 0.4) is 0 Å². The SMILES string of the molecule is CCCNc1nc(C)c(C)nc1-c1ccc(OCC)cc1. The summed E-state index contributed by atoms with van der Waals surface area (Å²) in [5.74, 6) is 1.73. The first-order chi connectivity index (χ1) is 10.2. The van der Waals surface area contributed by atoms with E-state index >= 15 is 0 Å². The third-order valence-corrected chi connectivity index (χ3v) is 3.29. The summed E-state index contributed by atoms with van der Waals surface area (Å²) in [4.78, 5) is 9.35. The Morgan fingerprint density at radius 3 is 2.29 bits per heavy atom. The minimum atomic E-state index is 0.673. The van der Waals surface area contributed by atoms with Crippen molar-refractivity contribution in [3.8, 4) is 17.0 Å². The molecule has 0 saturated heterocycles. The third-order valence-electron chi connectivity index (χ3n) is 3.29. The van der Waals surface area contributed by atoms with Crippen LogP contribution >= 0.6 is 0 Å². The summed E-state index contributed by atoms with van der Waals surface area (Å²) < 4.78 is 5.48. The molecule has 0 atom stereocenters. The molecule has 2 aromatic rings. The first-order valence-electron chi connectivity index (χ1n) is 7.48. The topological polar surface area (TPSA) is 47.0 Å². The van der Waals surface area contributed by atoms with Crippen molar-refractivity contribution in [1.29, 1.82) is 0 Å². The number of hydrogen-bond acceptors (Lipinski definition) is 4. The molecule has 21 heavy (non-hydrogen) atoms. The third kappa shape index (κ3) is 3.72. The van der Waals surface area contributed by atoms with E-state index in [0.29, 0.717) is 6.61 Å². The van der Waals surface area contributed by atoms with Gasteiger partial charge in [-0.25, -0.2) is 9.97 Å². The molecule has 0 aliphatic rings. The van der Waals surface area contributed by atoms with Gasteiger partial charge in [-0.3, -0.25) is 0 Å². The van der Waals surface area contributed by atoms with Crippen LogP contribution in [0.4, 0.5) is 5.82 Å². The molecule has 0 radical (unpaired) electrons. The monoisotopic (exact) mass is 285 g/mol. The quantitative estimate of drug-likeness (QED) is 0.872. The number of hydrogen-bond donors (Lipinski definition) is 1. The lowest BCUT2D eigenvalue weighted by Gasteiger charge is -2.13. The number of nitrogens with zero attached hydrogens (tertiary/aromatic N) is 2. The Morgan fingerprint density at radius 2 is 1.67 bits per heavy atom. The fraction of sp³-hybridized carbons (Fsp3) is 0.412.